The maximum atomic E-state index is 14.2. The number of hydrogen-bond acceptors (Lipinski definition) is 5. The van der Waals surface area contributed by atoms with Crippen molar-refractivity contribution in [3.63, 3.8) is 0 Å². The summed E-state index contributed by atoms with van der Waals surface area (Å²) >= 11 is 11.1. The molecule has 0 radical (unpaired) electrons. The summed E-state index contributed by atoms with van der Waals surface area (Å²) < 4.78 is -0.341. The third-order valence-corrected chi connectivity index (χ3v) is 9.33. The summed E-state index contributed by atoms with van der Waals surface area (Å²) in [6.45, 7) is 1.67. The fourth-order valence-corrected chi connectivity index (χ4v) is 6.99. The van der Waals surface area contributed by atoms with Crippen LogP contribution in [0.3, 0.4) is 0 Å². The molecule has 0 bridgehead atoms. The zero-order chi connectivity index (χ0) is 28.4. The lowest BCUT2D eigenvalue weighted by Crippen LogP contribution is -2.50. The SMILES string of the molecule is Cc1ccc(S[C@@]2(C(=O)NCC(O)CO)CC(=O)N(Cc3ccc(Br)cc3)[C@@H]2c2c[nH]c3cc(Cl)ccc23)cc1. The van der Waals surface area contributed by atoms with Crippen molar-refractivity contribution in [1.82, 2.24) is 15.2 Å². The number of rotatable bonds is 9. The van der Waals surface area contributed by atoms with Crippen LogP contribution < -0.4 is 5.32 Å². The van der Waals surface area contributed by atoms with Crippen LogP contribution in [0, 0.1) is 6.92 Å². The molecule has 10 heteroatoms. The number of hydrogen-bond donors (Lipinski definition) is 4. The van der Waals surface area contributed by atoms with Crippen molar-refractivity contribution in [3.8, 4) is 0 Å². The molecule has 0 aliphatic carbocycles. The van der Waals surface area contributed by atoms with Gasteiger partial charge >= 0.3 is 0 Å². The van der Waals surface area contributed by atoms with Crippen LogP contribution in [0.15, 0.2) is 82.3 Å². The fourth-order valence-electron chi connectivity index (χ4n) is 5.13. The number of halogens is 2. The minimum absolute atomic E-state index is 0.0476. The van der Waals surface area contributed by atoms with Gasteiger partial charge in [-0.05, 0) is 48.9 Å². The van der Waals surface area contributed by atoms with E-state index in [1.165, 1.54) is 11.8 Å². The quantitative estimate of drug-likeness (QED) is 0.197. The molecule has 2 heterocycles. The van der Waals surface area contributed by atoms with Gasteiger partial charge in [0.2, 0.25) is 11.8 Å². The van der Waals surface area contributed by atoms with Gasteiger partial charge in [-0.15, -0.1) is 11.8 Å². The number of aliphatic hydroxyl groups excluding tert-OH is 2. The minimum atomic E-state index is -1.27. The number of H-pyrrole nitrogens is 1. The number of amides is 2. The van der Waals surface area contributed by atoms with Crippen LogP contribution in [-0.2, 0) is 16.1 Å². The first-order valence-corrected chi connectivity index (χ1v) is 14.8. The smallest absolute Gasteiger partial charge is 0.239 e. The van der Waals surface area contributed by atoms with E-state index in [0.717, 1.165) is 37.0 Å². The molecule has 3 aromatic carbocycles. The lowest BCUT2D eigenvalue weighted by molar-refractivity contribution is -0.129. The molecule has 1 aliphatic rings. The lowest BCUT2D eigenvalue weighted by Gasteiger charge is -2.36. The number of nitrogens with zero attached hydrogens (tertiary/aromatic N) is 1. The standard InChI is InChI=1S/C30H29BrClN3O4S/c1-18-2-9-23(10-3-18)40-30(29(39)34-14-22(37)17-36)13-27(38)35(16-19-4-6-20(31)7-5-19)28(30)25-15-33-26-12-21(32)8-11-24(25)26/h2-12,15,22,28,33,36-37H,13-14,16-17H2,1H3,(H,34,39)/t22?,28-,30+/m1/s1. The second-order valence-corrected chi connectivity index (χ2v) is 12.8. The lowest BCUT2D eigenvalue weighted by atomic mass is 9.91. The highest BCUT2D eigenvalue weighted by Crippen LogP contribution is 2.54. The highest BCUT2D eigenvalue weighted by atomic mass is 79.9. The van der Waals surface area contributed by atoms with Gasteiger partial charge in [0.25, 0.3) is 0 Å². The van der Waals surface area contributed by atoms with Gasteiger partial charge in [-0.3, -0.25) is 9.59 Å². The van der Waals surface area contributed by atoms with Gasteiger partial charge in [0.05, 0.1) is 25.2 Å². The Morgan fingerprint density at radius 1 is 1.20 bits per heavy atom. The highest BCUT2D eigenvalue weighted by molar-refractivity contribution is 9.10. The van der Waals surface area contributed by atoms with Crippen LogP contribution in [0.2, 0.25) is 5.02 Å². The average molecular weight is 643 g/mol. The summed E-state index contributed by atoms with van der Waals surface area (Å²) in [7, 11) is 0. The third kappa shape index (κ3) is 5.80. The molecule has 4 N–H and O–H groups in total. The van der Waals surface area contributed by atoms with Crippen molar-refractivity contribution in [2.75, 3.05) is 13.2 Å². The number of aromatic amines is 1. The van der Waals surface area contributed by atoms with Crippen LogP contribution in [-0.4, -0.2) is 55.9 Å². The molecule has 1 fully saturated rings. The van der Waals surface area contributed by atoms with Crippen LogP contribution >= 0.6 is 39.3 Å². The number of aliphatic hydroxyl groups is 2. The molecule has 3 atom stereocenters. The number of aromatic nitrogens is 1. The summed E-state index contributed by atoms with van der Waals surface area (Å²) in [5.41, 5.74) is 3.61. The van der Waals surface area contributed by atoms with E-state index in [1.54, 1.807) is 11.0 Å². The van der Waals surface area contributed by atoms with Crippen molar-refractivity contribution in [2.24, 2.45) is 0 Å². The molecule has 1 saturated heterocycles. The molecule has 1 unspecified atom stereocenters. The molecule has 0 saturated carbocycles. The topological polar surface area (TPSA) is 106 Å². The van der Waals surface area contributed by atoms with Crippen LogP contribution in [0.25, 0.3) is 10.9 Å². The molecule has 4 aromatic rings. The van der Waals surface area contributed by atoms with Gasteiger partial charge < -0.3 is 25.4 Å². The molecule has 40 heavy (non-hydrogen) atoms. The number of benzene rings is 3. The number of fused-ring (bicyclic) bond motifs is 1. The zero-order valence-electron chi connectivity index (χ0n) is 21.7. The molecule has 1 aliphatic heterocycles. The molecule has 5 rings (SSSR count). The Bertz CT molecular complexity index is 1530. The predicted molar refractivity (Wildman–Crippen MR) is 161 cm³/mol. The summed E-state index contributed by atoms with van der Waals surface area (Å²) in [6.07, 6.45) is 0.683. The Balaban J connectivity index is 1.66. The van der Waals surface area contributed by atoms with Gasteiger partial charge in [-0.2, -0.15) is 0 Å². The Hall–Kier alpha value is -2.82. The Morgan fingerprint density at radius 3 is 2.62 bits per heavy atom. The minimum Gasteiger partial charge on any atom is -0.394 e. The Kier molecular flexibility index (Phi) is 8.58. The maximum absolute atomic E-state index is 14.2. The number of carbonyl (C=O) groups is 2. The Labute approximate surface area is 250 Å². The zero-order valence-corrected chi connectivity index (χ0v) is 24.9. The van der Waals surface area contributed by atoms with Gasteiger partial charge in [0, 0.05) is 50.1 Å². The van der Waals surface area contributed by atoms with E-state index in [-0.39, 0.29) is 24.8 Å². The molecule has 1 aromatic heterocycles. The number of nitrogens with one attached hydrogen (secondary N) is 2. The number of aryl methyl sites for hydroxylation is 1. The van der Waals surface area contributed by atoms with Crippen molar-refractivity contribution >= 4 is 62.0 Å². The first-order valence-electron chi connectivity index (χ1n) is 12.8. The van der Waals surface area contributed by atoms with Crippen molar-refractivity contribution in [1.29, 1.82) is 0 Å². The van der Waals surface area contributed by atoms with E-state index in [9.17, 15) is 19.8 Å². The van der Waals surface area contributed by atoms with Crippen LogP contribution in [0.1, 0.15) is 29.2 Å². The molecule has 208 valence electrons. The summed E-state index contributed by atoms with van der Waals surface area (Å²) in [6, 6.07) is 20.5. The van der Waals surface area contributed by atoms with Crippen LogP contribution in [0.5, 0.6) is 0 Å². The van der Waals surface area contributed by atoms with Crippen LogP contribution in [0.4, 0.5) is 0 Å². The Morgan fingerprint density at radius 2 is 1.93 bits per heavy atom. The van der Waals surface area contributed by atoms with Gasteiger partial charge in [0.1, 0.15) is 4.75 Å². The molecule has 2 amide bonds. The van der Waals surface area contributed by atoms with E-state index < -0.39 is 23.5 Å². The van der Waals surface area contributed by atoms with Gasteiger partial charge in [-0.1, -0.05) is 63.4 Å². The van der Waals surface area contributed by atoms with E-state index in [1.807, 2.05) is 73.8 Å². The highest BCUT2D eigenvalue weighted by Gasteiger charge is 2.58. The second kappa shape index (κ2) is 12.0. The molecular formula is C30H29BrClN3O4S. The maximum Gasteiger partial charge on any atom is 0.239 e. The molecule has 7 nitrogen and oxygen atoms in total. The third-order valence-electron chi connectivity index (χ3n) is 7.14. The summed E-state index contributed by atoms with van der Waals surface area (Å²) in [5.74, 6) is -0.542. The summed E-state index contributed by atoms with van der Waals surface area (Å²) in [4.78, 5) is 34.0. The summed E-state index contributed by atoms with van der Waals surface area (Å²) in [5, 5.41) is 23.6. The van der Waals surface area contributed by atoms with E-state index >= 15 is 0 Å². The molecule has 0 spiro atoms. The molecular weight excluding hydrogens is 614 g/mol. The van der Waals surface area contributed by atoms with Gasteiger partial charge in [-0.25, -0.2) is 0 Å². The van der Waals surface area contributed by atoms with Crippen molar-refractivity contribution in [3.05, 3.63) is 99.1 Å². The monoisotopic (exact) mass is 641 g/mol. The number of thioether (sulfide) groups is 1. The largest absolute Gasteiger partial charge is 0.394 e. The normalized spacial score (nSPS) is 19.8. The number of likely N-dealkylation sites (tertiary alicyclic amines) is 1. The van der Waals surface area contributed by atoms with Crippen molar-refractivity contribution < 1.29 is 19.8 Å². The van der Waals surface area contributed by atoms with Crippen molar-refractivity contribution in [2.45, 2.75) is 41.7 Å². The number of carbonyl (C=O) groups excluding carboxylic acids is 2. The fraction of sp³-hybridized carbons (Fsp3) is 0.267. The van der Waals surface area contributed by atoms with E-state index in [2.05, 4.69) is 26.2 Å². The van der Waals surface area contributed by atoms with E-state index in [0.29, 0.717) is 11.6 Å². The second-order valence-electron chi connectivity index (χ2n) is 10.0. The average Bonchev–Trinajstić information content (AvgIpc) is 3.47. The predicted octanol–water partition coefficient (Wildman–Crippen LogP) is 5.37. The first kappa shape index (κ1) is 28.7. The van der Waals surface area contributed by atoms with Gasteiger partial charge in [0.15, 0.2) is 0 Å². The van der Waals surface area contributed by atoms with E-state index in [4.69, 9.17) is 11.6 Å². The first-order chi connectivity index (χ1) is 19.2.